The van der Waals surface area contributed by atoms with Crippen LogP contribution in [-0.2, 0) is 4.79 Å². The Hall–Kier alpha value is -1.39. The molecule has 1 saturated carbocycles. The summed E-state index contributed by atoms with van der Waals surface area (Å²) in [6.07, 6.45) is 3.81. The lowest BCUT2D eigenvalue weighted by molar-refractivity contribution is -0.124. The molecule has 1 aliphatic rings. The Morgan fingerprint density at radius 2 is 1.95 bits per heavy atom. The van der Waals surface area contributed by atoms with E-state index >= 15 is 0 Å². The molecule has 3 N–H and O–H groups in total. The number of benzene rings is 1. The molecule has 1 aliphatic carbocycles. The molecule has 0 saturated heterocycles. The molecule has 0 atom stereocenters. The zero-order valence-electron chi connectivity index (χ0n) is 11.6. The van der Waals surface area contributed by atoms with Crippen LogP contribution >= 0.6 is 12.4 Å². The fourth-order valence-electron chi connectivity index (χ4n) is 2.66. The molecule has 1 fully saturated rings. The van der Waals surface area contributed by atoms with Crippen LogP contribution in [0.15, 0.2) is 24.3 Å². The van der Waals surface area contributed by atoms with Crippen molar-refractivity contribution in [2.45, 2.75) is 32.6 Å². The Morgan fingerprint density at radius 3 is 2.50 bits per heavy atom. The van der Waals surface area contributed by atoms with E-state index in [4.69, 9.17) is 5.73 Å². The van der Waals surface area contributed by atoms with Crippen LogP contribution in [0.3, 0.4) is 0 Å². The van der Waals surface area contributed by atoms with Gasteiger partial charge in [0.15, 0.2) is 5.78 Å². The van der Waals surface area contributed by atoms with Gasteiger partial charge in [0.05, 0.1) is 5.41 Å². The van der Waals surface area contributed by atoms with E-state index in [1.807, 2.05) is 0 Å². The fraction of sp³-hybridized carbons (Fsp3) is 0.467. The first kappa shape index (κ1) is 16.7. The molecule has 2 rings (SSSR count). The average Bonchev–Trinajstić information content (AvgIpc) is 2.89. The summed E-state index contributed by atoms with van der Waals surface area (Å²) in [5.74, 6) is -0.0290. The van der Waals surface area contributed by atoms with Crippen molar-refractivity contribution in [2.24, 2.45) is 11.1 Å². The number of rotatable bonds is 4. The Balaban J connectivity index is 0.00000200. The second-order valence-electron chi connectivity index (χ2n) is 5.28. The van der Waals surface area contributed by atoms with Gasteiger partial charge < -0.3 is 11.1 Å². The van der Waals surface area contributed by atoms with Crippen molar-refractivity contribution in [2.75, 3.05) is 11.9 Å². The lowest BCUT2D eigenvalue weighted by Crippen LogP contribution is -2.40. The molecule has 0 aliphatic heterocycles. The highest BCUT2D eigenvalue weighted by molar-refractivity contribution is 5.98. The van der Waals surface area contributed by atoms with Crippen molar-refractivity contribution in [1.29, 1.82) is 0 Å². The summed E-state index contributed by atoms with van der Waals surface area (Å²) >= 11 is 0. The van der Waals surface area contributed by atoms with Crippen molar-refractivity contribution >= 4 is 29.8 Å². The van der Waals surface area contributed by atoms with Gasteiger partial charge in [-0.05, 0) is 31.9 Å². The van der Waals surface area contributed by atoms with Gasteiger partial charge in [0, 0.05) is 17.8 Å². The maximum absolute atomic E-state index is 12.4. The number of nitrogens with two attached hydrogens (primary N) is 1. The molecule has 4 nitrogen and oxygen atoms in total. The summed E-state index contributed by atoms with van der Waals surface area (Å²) in [6.45, 7) is 1.89. The van der Waals surface area contributed by atoms with Gasteiger partial charge in [-0.15, -0.1) is 12.4 Å². The number of hydrogen-bond acceptors (Lipinski definition) is 3. The highest BCUT2D eigenvalue weighted by Crippen LogP contribution is 2.38. The normalized spacial score (nSPS) is 16.3. The van der Waals surface area contributed by atoms with E-state index in [0.717, 1.165) is 25.7 Å². The summed E-state index contributed by atoms with van der Waals surface area (Å²) in [4.78, 5) is 23.7. The summed E-state index contributed by atoms with van der Waals surface area (Å²) in [6, 6.07) is 7.02. The van der Waals surface area contributed by atoms with E-state index < -0.39 is 5.41 Å². The summed E-state index contributed by atoms with van der Waals surface area (Å²) < 4.78 is 0. The second kappa shape index (κ2) is 6.86. The second-order valence-corrected chi connectivity index (χ2v) is 5.28. The van der Waals surface area contributed by atoms with Crippen molar-refractivity contribution in [3.05, 3.63) is 29.8 Å². The summed E-state index contributed by atoms with van der Waals surface area (Å²) in [5, 5.41) is 2.90. The average molecular weight is 297 g/mol. The molecule has 1 aromatic carbocycles. The molecule has 0 heterocycles. The zero-order valence-corrected chi connectivity index (χ0v) is 12.5. The molecular weight excluding hydrogens is 276 g/mol. The number of carbonyl (C=O) groups is 2. The van der Waals surface area contributed by atoms with Gasteiger partial charge in [0.25, 0.3) is 0 Å². The number of Topliss-reactive ketones (excluding diaryl/α,β-unsaturated/α-hetero) is 1. The Morgan fingerprint density at radius 1 is 1.30 bits per heavy atom. The smallest absolute Gasteiger partial charge is 0.231 e. The standard InChI is InChI=1S/C15H20N2O2.ClH/c1-11(18)12-5-4-6-13(9-12)17-14(19)15(10-16)7-2-3-8-15;/h4-6,9H,2-3,7-8,10,16H2,1H3,(H,17,19);1H. The van der Waals surface area contributed by atoms with Crippen LogP contribution in [0.5, 0.6) is 0 Å². The predicted octanol–water partition coefficient (Wildman–Crippen LogP) is 2.77. The maximum Gasteiger partial charge on any atom is 0.231 e. The number of ketones is 1. The third-order valence-corrected chi connectivity index (χ3v) is 3.96. The molecule has 1 aromatic rings. The molecule has 0 radical (unpaired) electrons. The minimum atomic E-state index is -0.424. The first-order valence-electron chi connectivity index (χ1n) is 6.70. The van der Waals surface area contributed by atoms with E-state index in [-0.39, 0.29) is 24.1 Å². The topological polar surface area (TPSA) is 72.2 Å². The van der Waals surface area contributed by atoms with Crippen LogP contribution in [0.4, 0.5) is 5.69 Å². The number of amides is 1. The molecule has 1 amide bonds. The summed E-state index contributed by atoms with van der Waals surface area (Å²) in [7, 11) is 0. The molecule has 0 spiro atoms. The van der Waals surface area contributed by atoms with E-state index in [1.165, 1.54) is 6.92 Å². The van der Waals surface area contributed by atoms with Gasteiger partial charge in [0.1, 0.15) is 0 Å². The molecule has 0 bridgehead atoms. The van der Waals surface area contributed by atoms with E-state index in [1.54, 1.807) is 24.3 Å². The van der Waals surface area contributed by atoms with Crippen molar-refractivity contribution in [3.63, 3.8) is 0 Å². The highest BCUT2D eigenvalue weighted by atomic mass is 35.5. The minimum absolute atomic E-state index is 0. The number of halogens is 1. The van der Waals surface area contributed by atoms with Gasteiger partial charge in [-0.25, -0.2) is 0 Å². The lowest BCUT2D eigenvalue weighted by atomic mass is 9.85. The quantitative estimate of drug-likeness (QED) is 0.839. The van der Waals surface area contributed by atoms with Gasteiger partial charge in [-0.1, -0.05) is 25.0 Å². The molecule has 0 aromatic heterocycles. The van der Waals surface area contributed by atoms with Crippen LogP contribution in [-0.4, -0.2) is 18.2 Å². The molecule has 5 heteroatoms. The maximum atomic E-state index is 12.4. The van der Waals surface area contributed by atoms with Gasteiger partial charge in [-0.3, -0.25) is 9.59 Å². The molecule has 110 valence electrons. The van der Waals surface area contributed by atoms with Crippen LogP contribution in [0.2, 0.25) is 0 Å². The van der Waals surface area contributed by atoms with E-state index in [0.29, 0.717) is 17.8 Å². The monoisotopic (exact) mass is 296 g/mol. The van der Waals surface area contributed by atoms with E-state index in [9.17, 15) is 9.59 Å². The summed E-state index contributed by atoms with van der Waals surface area (Å²) in [5.41, 5.74) is 6.63. The van der Waals surface area contributed by atoms with Gasteiger partial charge in [0.2, 0.25) is 5.91 Å². The van der Waals surface area contributed by atoms with Crippen molar-refractivity contribution in [3.8, 4) is 0 Å². The number of hydrogen-bond donors (Lipinski definition) is 2. The van der Waals surface area contributed by atoms with Gasteiger partial charge >= 0.3 is 0 Å². The third-order valence-electron chi connectivity index (χ3n) is 3.96. The first-order chi connectivity index (χ1) is 9.07. The number of nitrogens with one attached hydrogen (secondary N) is 1. The van der Waals surface area contributed by atoms with Crippen LogP contribution in [0.1, 0.15) is 43.0 Å². The minimum Gasteiger partial charge on any atom is -0.329 e. The zero-order chi connectivity index (χ0) is 13.9. The lowest BCUT2D eigenvalue weighted by Gasteiger charge is -2.25. The fourth-order valence-corrected chi connectivity index (χ4v) is 2.66. The Kier molecular flexibility index (Phi) is 5.72. The molecule has 0 unspecified atom stereocenters. The first-order valence-corrected chi connectivity index (χ1v) is 6.70. The Labute approximate surface area is 125 Å². The molecule has 20 heavy (non-hydrogen) atoms. The SMILES string of the molecule is CC(=O)c1cccc(NC(=O)C2(CN)CCCC2)c1.Cl. The Bertz CT molecular complexity index is 496. The number of carbonyl (C=O) groups excluding carboxylic acids is 2. The number of anilines is 1. The molecular formula is C15H21ClN2O2. The van der Waals surface area contributed by atoms with E-state index in [2.05, 4.69) is 5.32 Å². The van der Waals surface area contributed by atoms with Gasteiger partial charge in [-0.2, -0.15) is 0 Å². The van der Waals surface area contributed by atoms with Crippen LogP contribution in [0, 0.1) is 5.41 Å². The van der Waals surface area contributed by atoms with Crippen LogP contribution < -0.4 is 11.1 Å². The third kappa shape index (κ3) is 3.38. The largest absolute Gasteiger partial charge is 0.329 e. The highest BCUT2D eigenvalue weighted by Gasteiger charge is 2.39. The predicted molar refractivity (Wildman–Crippen MR) is 82.3 cm³/mol. The van der Waals surface area contributed by atoms with Crippen LogP contribution in [0.25, 0.3) is 0 Å². The van der Waals surface area contributed by atoms with Crippen molar-refractivity contribution in [1.82, 2.24) is 0 Å². The van der Waals surface area contributed by atoms with Crippen molar-refractivity contribution < 1.29 is 9.59 Å².